The van der Waals surface area contributed by atoms with E-state index in [1.165, 1.54) is 24.3 Å². The van der Waals surface area contributed by atoms with Crippen LogP contribution >= 0.6 is 0 Å². The summed E-state index contributed by atoms with van der Waals surface area (Å²) in [6.45, 7) is 0. The van der Waals surface area contributed by atoms with Crippen LogP contribution in [0, 0.1) is 5.82 Å². The van der Waals surface area contributed by atoms with E-state index in [1.807, 2.05) is 24.3 Å². The predicted molar refractivity (Wildman–Crippen MR) is 102 cm³/mol. The van der Waals surface area contributed by atoms with Gasteiger partial charge in [-0.3, -0.25) is 14.5 Å². The van der Waals surface area contributed by atoms with Crippen molar-refractivity contribution in [2.45, 2.75) is 12.5 Å². The number of nitrogens with zero attached hydrogens (tertiary/aromatic N) is 1. The van der Waals surface area contributed by atoms with Gasteiger partial charge in [-0.25, -0.2) is 9.18 Å². The van der Waals surface area contributed by atoms with Gasteiger partial charge in [-0.1, -0.05) is 36.4 Å². The number of carbonyl (C=O) groups is 3. The number of halogens is 1. The Morgan fingerprint density at radius 2 is 1.86 bits per heavy atom. The number of benzene rings is 2. The van der Waals surface area contributed by atoms with Crippen molar-refractivity contribution in [2.24, 2.45) is 0 Å². The number of hydrogen-bond acceptors (Lipinski definition) is 3. The molecule has 0 saturated carbocycles. The average Bonchev–Trinajstić information content (AvgIpc) is 3.10. The van der Waals surface area contributed by atoms with Crippen LogP contribution in [0.2, 0.25) is 0 Å². The maximum absolute atomic E-state index is 13.7. The van der Waals surface area contributed by atoms with Gasteiger partial charge in [-0.15, -0.1) is 0 Å². The van der Waals surface area contributed by atoms with Crippen LogP contribution in [-0.4, -0.2) is 39.3 Å². The van der Waals surface area contributed by atoms with Gasteiger partial charge in [0.15, 0.2) is 0 Å². The molecule has 3 rings (SSSR count). The summed E-state index contributed by atoms with van der Waals surface area (Å²) in [4.78, 5) is 39.3. The summed E-state index contributed by atoms with van der Waals surface area (Å²) in [6, 6.07) is 11.7. The minimum atomic E-state index is -1.39. The Hall–Kier alpha value is -3.74. The lowest BCUT2D eigenvalue weighted by atomic mass is 10.0. The van der Waals surface area contributed by atoms with E-state index in [-0.39, 0.29) is 18.4 Å². The van der Waals surface area contributed by atoms with Crippen LogP contribution in [0.3, 0.4) is 0 Å². The van der Waals surface area contributed by atoms with Gasteiger partial charge in [0.2, 0.25) is 6.41 Å². The van der Waals surface area contributed by atoms with Crippen molar-refractivity contribution in [1.82, 2.24) is 9.88 Å². The topological polar surface area (TPSA) is 90.5 Å². The van der Waals surface area contributed by atoms with Crippen molar-refractivity contribution >= 4 is 35.3 Å². The van der Waals surface area contributed by atoms with Crippen LogP contribution in [0.1, 0.15) is 11.1 Å². The van der Waals surface area contributed by atoms with Crippen LogP contribution < -0.4 is 0 Å². The van der Waals surface area contributed by atoms with Crippen molar-refractivity contribution in [3.63, 3.8) is 0 Å². The number of aromatic nitrogens is 1. The van der Waals surface area contributed by atoms with Crippen molar-refractivity contribution < 1.29 is 23.9 Å². The fourth-order valence-electron chi connectivity index (χ4n) is 2.95. The van der Waals surface area contributed by atoms with Crippen LogP contribution in [0.4, 0.5) is 4.39 Å². The van der Waals surface area contributed by atoms with E-state index in [9.17, 15) is 23.9 Å². The van der Waals surface area contributed by atoms with E-state index in [4.69, 9.17) is 0 Å². The second kappa shape index (κ2) is 8.30. The molecule has 0 aliphatic heterocycles. The molecule has 1 heterocycles. The standard InChI is InChI=1S/C21H17FN2O4/c22-17-7-3-1-5-14(17)9-10-20(26)24(13-25)19(21(27)28)11-15-12-23-18-8-4-2-6-16(15)18/h1-10,12-13,19,23H,11H2,(H,27,28)/t19-/m0/s1. The van der Waals surface area contributed by atoms with Gasteiger partial charge in [0.1, 0.15) is 11.9 Å². The number of carbonyl (C=O) groups excluding carboxylic acids is 2. The number of aliphatic carboxylic acids is 1. The molecule has 28 heavy (non-hydrogen) atoms. The zero-order chi connectivity index (χ0) is 20.1. The van der Waals surface area contributed by atoms with E-state index in [0.717, 1.165) is 17.0 Å². The highest BCUT2D eigenvalue weighted by atomic mass is 19.1. The molecule has 7 heteroatoms. The number of amides is 2. The Morgan fingerprint density at radius 3 is 2.57 bits per heavy atom. The molecule has 0 bridgehead atoms. The molecular formula is C21H17FN2O4. The summed E-state index contributed by atoms with van der Waals surface area (Å²) in [6.07, 6.45) is 3.97. The SMILES string of the molecule is O=CN(C(=O)C=Cc1ccccc1F)[C@@H](Cc1c[nH]c2ccccc12)C(=O)O. The van der Waals surface area contributed by atoms with Gasteiger partial charge in [-0.2, -0.15) is 0 Å². The van der Waals surface area contributed by atoms with E-state index in [0.29, 0.717) is 10.5 Å². The summed E-state index contributed by atoms with van der Waals surface area (Å²) < 4.78 is 13.7. The molecule has 1 aromatic heterocycles. The van der Waals surface area contributed by atoms with E-state index >= 15 is 0 Å². The van der Waals surface area contributed by atoms with E-state index in [2.05, 4.69) is 4.98 Å². The molecule has 6 nitrogen and oxygen atoms in total. The highest BCUT2D eigenvalue weighted by Crippen LogP contribution is 2.21. The highest BCUT2D eigenvalue weighted by molar-refractivity contribution is 6.00. The molecule has 0 spiro atoms. The number of carboxylic acid groups (broad SMARTS) is 1. The lowest BCUT2D eigenvalue weighted by Gasteiger charge is -2.22. The van der Waals surface area contributed by atoms with Gasteiger partial charge in [0, 0.05) is 35.2 Å². The van der Waals surface area contributed by atoms with Crippen LogP contribution in [0.15, 0.2) is 60.8 Å². The first-order valence-corrected chi connectivity index (χ1v) is 8.49. The normalized spacial score (nSPS) is 12.2. The van der Waals surface area contributed by atoms with E-state index < -0.39 is 23.7 Å². The predicted octanol–water partition coefficient (Wildman–Crippen LogP) is 3.00. The third-order valence-electron chi connectivity index (χ3n) is 4.39. The number of H-pyrrole nitrogens is 1. The van der Waals surface area contributed by atoms with Crippen LogP contribution in [0.25, 0.3) is 17.0 Å². The lowest BCUT2D eigenvalue weighted by Crippen LogP contribution is -2.45. The summed E-state index contributed by atoms with van der Waals surface area (Å²) in [5, 5.41) is 10.4. The second-order valence-corrected chi connectivity index (χ2v) is 6.12. The Kier molecular flexibility index (Phi) is 5.64. The fourth-order valence-corrected chi connectivity index (χ4v) is 2.95. The molecule has 0 saturated heterocycles. The minimum absolute atomic E-state index is 0.0582. The number of para-hydroxylation sites is 1. The number of hydrogen-bond donors (Lipinski definition) is 2. The third kappa shape index (κ3) is 3.98. The van der Waals surface area contributed by atoms with Gasteiger partial charge in [-0.05, 0) is 23.8 Å². The Bertz CT molecular complexity index is 1060. The summed E-state index contributed by atoms with van der Waals surface area (Å²) >= 11 is 0. The van der Waals surface area contributed by atoms with Crippen molar-refractivity contribution in [3.8, 4) is 0 Å². The molecule has 0 aliphatic rings. The zero-order valence-electron chi connectivity index (χ0n) is 14.7. The minimum Gasteiger partial charge on any atom is -0.480 e. The Morgan fingerprint density at radius 1 is 1.14 bits per heavy atom. The maximum Gasteiger partial charge on any atom is 0.327 e. The molecule has 2 amide bonds. The van der Waals surface area contributed by atoms with Crippen LogP contribution in [0.5, 0.6) is 0 Å². The molecule has 3 aromatic rings. The molecular weight excluding hydrogens is 363 g/mol. The van der Waals surface area contributed by atoms with Gasteiger partial charge < -0.3 is 10.1 Å². The molecule has 0 unspecified atom stereocenters. The lowest BCUT2D eigenvalue weighted by molar-refractivity contribution is -0.151. The monoisotopic (exact) mass is 380 g/mol. The molecule has 1 atom stereocenters. The van der Waals surface area contributed by atoms with Gasteiger partial charge >= 0.3 is 5.97 Å². The smallest absolute Gasteiger partial charge is 0.327 e. The van der Waals surface area contributed by atoms with Gasteiger partial charge in [0.05, 0.1) is 0 Å². The highest BCUT2D eigenvalue weighted by Gasteiger charge is 2.29. The van der Waals surface area contributed by atoms with Gasteiger partial charge in [0.25, 0.3) is 5.91 Å². The Labute approximate surface area is 159 Å². The van der Waals surface area contributed by atoms with Crippen molar-refractivity contribution in [2.75, 3.05) is 0 Å². The number of carboxylic acids is 1. The molecule has 0 radical (unpaired) electrons. The van der Waals surface area contributed by atoms with Crippen molar-refractivity contribution in [3.05, 3.63) is 77.7 Å². The molecule has 142 valence electrons. The number of nitrogens with one attached hydrogen (secondary N) is 1. The first-order chi connectivity index (χ1) is 13.5. The quantitative estimate of drug-likeness (QED) is 0.487. The number of aromatic amines is 1. The van der Waals surface area contributed by atoms with Crippen LogP contribution in [-0.2, 0) is 20.8 Å². The zero-order valence-corrected chi connectivity index (χ0v) is 14.7. The first-order valence-electron chi connectivity index (χ1n) is 8.49. The first kappa shape index (κ1) is 19.0. The third-order valence-corrected chi connectivity index (χ3v) is 4.39. The molecule has 0 aliphatic carbocycles. The molecule has 2 N–H and O–H groups in total. The summed E-state index contributed by atoms with van der Waals surface area (Å²) in [7, 11) is 0. The second-order valence-electron chi connectivity index (χ2n) is 6.12. The fraction of sp³-hybridized carbons (Fsp3) is 0.0952. The average molecular weight is 380 g/mol. The molecule has 0 fully saturated rings. The van der Waals surface area contributed by atoms with E-state index in [1.54, 1.807) is 12.3 Å². The number of imide groups is 1. The summed E-state index contributed by atoms with van der Waals surface area (Å²) in [5.41, 5.74) is 1.65. The molecule has 2 aromatic carbocycles. The largest absolute Gasteiger partial charge is 0.480 e. The Balaban J connectivity index is 1.84. The number of rotatable bonds is 7. The number of fused-ring (bicyclic) bond motifs is 1. The van der Waals surface area contributed by atoms with Crippen molar-refractivity contribution in [1.29, 1.82) is 0 Å². The maximum atomic E-state index is 13.7. The summed E-state index contributed by atoms with van der Waals surface area (Å²) in [5.74, 6) is -2.69.